The van der Waals surface area contributed by atoms with Gasteiger partial charge in [0.05, 0.1) is 5.69 Å². The van der Waals surface area contributed by atoms with Crippen molar-refractivity contribution in [2.45, 2.75) is 20.8 Å². The number of hydrogen-bond donors (Lipinski definition) is 0. The lowest BCUT2D eigenvalue weighted by Gasteiger charge is -2.11. The Morgan fingerprint density at radius 2 is 1.62 bits per heavy atom. The number of fused-ring (bicyclic) bond motifs is 1. The molecule has 0 fully saturated rings. The van der Waals surface area contributed by atoms with Crippen LogP contribution in [0.3, 0.4) is 0 Å². The third-order valence-corrected chi connectivity index (χ3v) is 4.74. The molecular weight excluding hydrogens is 292 g/mol. The summed E-state index contributed by atoms with van der Waals surface area (Å²) in [4.78, 5) is 4.64. The molecule has 0 aliphatic heterocycles. The van der Waals surface area contributed by atoms with Gasteiger partial charge in [0, 0.05) is 29.7 Å². The lowest BCUT2D eigenvalue weighted by molar-refractivity contribution is 1.20. The predicted molar refractivity (Wildman–Crippen MR) is 100 cm³/mol. The van der Waals surface area contributed by atoms with Gasteiger partial charge in [-0.25, -0.2) is 0 Å². The first-order valence-electron chi connectivity index (χ1n) is 8.23. The first kappa shape index (κ1) is 14.7. The maximum atomic E-state index is 4.64. The van der Waals surface area contributed by atoms with Gasteiger partial charge in [-0.3, -0.25) is 4.98 Å². The van der Waals surface area contributed by atoms with E-state index in [1.807, 2.05) is 6.20 Å². The molecule has 2 heteroatoms. The highest BCUT2D eigenvalue weighted by Crippen LogP contribution is 2.29. The third-order valence-electron chi connectivity index (χ3n) is 4.74. The van der Waals surface area contributed by atoms with Crippen LogP contribution in [0.15, 0.2) is 67.1 Å². The Labute approximate surface area is 142 Å². The summed E-state index contributed by atoms with van der Waals surface area (Å²) in [5.41, 5.74) is 9.63. The Bertz CT molecular complexity index is 1040. The molecule has 0 radical (unpaired) electrons. The number of nitrogens with zero attached hydrogens (tertiary/aromatic N) is 2. The minimum absolute atomic E-state index is 1.04. The van der Waals surface area contributed by atoms with Crippen LogP contribution in [-0.4, -0.2) is 9.38 Å². The van der Waals surface area contributed by atoms with Gasteiger partial charge in [0.2, 0.25) is 0 Å². The van der Waals surface area contributed by atoms with Crippen molar-refractivity contribution in [3.05, 3.63) is 83.8 Å². The van der Waals surface area contributed by atoms with Gasteiger partial charge in [0.25, 0.3) is 0 Å². The highest BCUT2D eigenvalue weighted by Gasteiger charge is 2.08. The quantitative estimate of drug-likeness (QED) is 0.471. The number of benzene rings is 1. The number of aromatic nitrogens is 2. The van der Waals surface area contributed by atoms with E-state index in [0.717, 1.165) is 5.69 Å². The van der Waals surface area contributed by atoms with Gasteiger partial charge < -0.3 is 4.40 Å². The number of aryl methyl sites for hydroxylation is 3. The lowest BCUT2D eigenvalue weighted by atomic mass is 9.97. The van der Waals surface area contributed by atoms with E-state index in [4.69, 9.17) is 0 Å². The van der Waals surface area contributed by atoms with Gasteiger partial charge in [-0.2, -0.15) is 0 Å². The van der Waals surface area contributed by atoms with Gasteiger partial charge in [-0.05, 0) is 78.9 Å². The zero-order valence-corrected chi connectivity index (χ0v) is 14.2. The largest absolute Gasteiger partial charge is 0.323 e. The maximum absolute atomic E-state index is 4.64. The molecular formula is C22H20N2. The molecule has 0 saturated heterocycles. The molecule has 1 aromatic carbocycles. The molecule has 0 saturated carbocycles. The molecule has 3 heterocycles. The zero-order chi connectivity index (χ0) is 16.7. The monoisotopic (exact) mass is 312 g/mol. The van der Waals surface area contributed by atoms with Crippen molar-refractivity contribution >= 4 is 5.52 Å². The fourth-order valence-corrected chi connectivity index (χ4v) is 3.05. The topological polar surface area (TPSA) is 17.3 Å². The normalized spacial score (nSPS) is 11.1. The highest BCUT2D eigenvalue weighted by atomic mass is 14.8. The van der Waals surface area contributed by atoms with Crippen LogP contribution in [0, 0.1) is 20.8 Å². The smallest absolute Gasteiger partial charge is 0.0707 e. The standard InChI is InChI=1S/C22H20N2/c1-15-6-7-18(19-8-9-20-5-4-10-24(20)14-19)12-21(15)22-11-16(2)17(3)13-23-22/h4-14H,1-3H3. The van der Waals surface area contributed by atoms with E-state index in [2.05, 4.69) is 91.1 Å². The van der Waals surface area contributed by atoms with E-state index in [1.54, 1.807) is 0 Å². The summed E-state index contributed by atoms with van der Waals surface area (Å²) in [5.74, 6) is 0. The molecule has 0 unspecified atom stereocenters. The fraction of sp³-hybridized carbons (Fsp3) is 0.136. The molecule has 0 amide bonds. The molecule has 4 aromatic rings. The summed E-state index contributed by atoms with van der Waals surface area (Å²) in [6.45, 7) is 6.38. The van der Waals surface area contributed by atoms with Crippen molar-refractivity contribution in [1.29, 1.82) is 0 Å². The van der Waals surface area contributed by atoms with E-state index < -0.39 is 0 Å². The van der Waals surface area contributed by atoms with Crippen LogP contribution in [0.25, 0.3) is 27.9 Å². The van der Waals surface area contributed by atoms with Crippen molar-refractivity contribution in [3.63, 3.8) is 0 Å². The number of rotatable bonds is 2. The van der Waals surface area contributed by atoms with Crippen LogP contribution in [0.1, 0.15) is 16.7 Å². The van der Waals surface area contributed by atoms with Gasteiger partial charge in [0.1, 0.15) is 0 Å². The second kappa shape index (κ2) is 5.64. The Hall–Kier alpha value is -2.87. The molecule has 0 N–H and O–H groups in total. The molecule has 0 aliphatic rings. The lowest BCUT2D eigenvalue weighted by Crippen LogP contribution is -1.92. The molecule has 0 atom stereocenters. The van der Waals surface area contributed by atoms with Crippen LogP contribution >= 0.6 is 0 Å². The summed E-state index contributed by atoms with van der Waals surface area (Å²) in [6, 6.07) is 17.3. The van der Waals surface area contributed by atoms with Crippen LogP contribution in [-0.2, 0) is 0 Å². The Balaban J connectivity index is 1.84. The molecule has 24 heavy (non-hydrogen) atoms. The number of pyridine rings is 2. The van der Waals surface area contributed by atoms with E-state index in [0.29, 0.717) is 0 Å². The molecule has 4 rings (SSSR count). The fourth-order valence-electron chi connectivity index (χ4n) is 3.05. The second-order valence-corrected chi connectivity index (χ2v) is 6.44. The van der Waals surface area contributed by atoms with E-state index in [1.165, 1.54) is 38.9 Å². The maximum Gasteiger partial charge on any atom is 0.0707 e. The molecule has 0 aliphatic carbocycles. The summed E-state index contributed by atoms with van der Waals surface area (Å²) in [6.07, 6.45) is 6.22. The Morgan fingerprint density at radius 3 is 2.46 bits per heavy atom. The summed E-state index contributed by atoms with van der Waals surface area (Å²) in [5, 5.41) is 0. The highest BCUT2D eigenvalue weighted by molar-refractivity contribution is 5.74. The average molecular weight is 312 g/mol. The first-order chi connectivity index (χ1) is 11.6. The summed E-state index contributed by atoms with van der Waals surface area (Å²) in [7, 11) is 0. The van der Waals surface area contributed by atoms with E-state index >= 15 is 0 Å². The molecule has 118 valence electrons. The average Bonchev–Trinajstić information content (AvgIpc) is 3.05. The summed E-state index contributed by atoms with van der Waals surface area (Å²) >= 11 is 0. The van der Waals surface area contributed by atoms with Crippen molar-refractivity contribution in [2.24, 2.45) is 0 Å². The molecule has 0 spiro atoms. The Morgan fingerprint density at radius 1 is 0.792 bits per heavy atom. The van der Waals surface area contributed by atoms with Crippen molar-refractivity contribution in [1.82, 2.24) is 9.38 Å². The van der Waals surface area contributed by atoms with Gasteiger partial charge >= 0.3 is 0 Å². The molecule has 3 aromatic heterocycles. The van der Waals surface area contributed by atoms with Gasteiger partial charge in [0.15, 0.2) is 0 Å². The molecule has 0 bridgehead atoms. The van der Waals surface area contributed by atoms with Crippen LogP contribution in [0.2, 0.25) is 0 Å². The van der Waals surface area contributed by atoms with Crippen LogP contribution in [0.5, 0.6) is 0 Å². The van der Waals surface area contributed by atoms with Crippen LogP contribution in [0.4, 0.5) is 0 Å². The molecule has 2 nitrogen and oxygen atoms in total. The van der Waals surface area contributed by atoms with Crippen molar-refractivity contribution < 1.29 is 0 Å². The van der Waals surface area contributed by atoms with Crippen molar-refractivity contribution in [2.75, 3.05) is 0 Å². The Kier molecular flexibility index (Phi) is 3.46. The van der Waals surface area contributed by atoms with Crippen LogP contribution < -0.4 is 0 Å². The zero-order valence-electron chi connectivity index (χ0n) is 14.2. The predicted octanol–water partition coefficient (Wildman–Crippen LogP) is 5.59. The summed E-state index contributed by atoms with van der Waals surface area (Å²) < 4.78 is 2.16. The minimum Gasteiger partial charge on any atom is -0.323 e. The SMILES string of the molecule is Cc1cnc(-c2cc(-c3ccc4cccn4c3)ccc2C)cc1C. The van der Waals surface area contributed by atoms with Gasteiger partial charge in [-0.1, -0.05) is 18.2 Å². The third kappa shape index (κ3) is 2.50. The minimum atomic E-state index is 1.04. The second-order valence-electron chi connectivity index (χ2n) is 6.44. The van der Waals surface area contributed by atoms with Crippen molar-refractivity contribution in [3.8, 4) is 22.4 Å². The first-order valence-corrected chi connectivity index (χ1v) is 8.23. The van der Waals surface area contributed by atoms with Gasteiger partial charge in [-0.15, -0.1) is 0 Å². The van der Waals surface area contributed by atoms with E-state index in [-0.39, 0.29) is 0 Å². The number of hydrogen-bond acceptors (Lipinski definition) is 1. The van der Waals surface area contributed by atoms with E-state index in [9.17, 15) is 0 Å².